The molecule has 0 unspecified atom stereocenters. The maximum Gasteiger partial charge on any atom is 0.409 e. The molecule has 8 heteroatoms. The zero-order valence-electron chi connectivity index (χ0n) is 19.0. The van der Waals surface area contributed by atoms with E-state index in [1.165, 1.54) is 0 Å². The lowest BCUT2D eigenvalue weighted by Gasteiger charge is -2.30. The van der Waals surface area contributed by atoms with Crippen molar-refractivity contribution in [2.75, 3.05) is 19.7 Å². The van der Waals surface area contributed by atoms with Crippen LogP contribution in [0.15, 0.2) is 35.9 Å². The summed E-state index contributed by atoms with van der Waals surface area (Å²) in [6, 6.07) is 9.11. The van der Waals surface area contributed by atoms with Gasteiger partial charge in [-0.1, -0.05) is 29.3 Å². The molecule has 0 atom stereocenters. The van der Waals surface area contributed by atoms with Crippen LogP contribution in [0.2, 0.25) is 5.02 Å². The summed E-state index contributed by atoms with van der Waals surface area (Å²) in [5.41, 5.74) is 3.93. The third-order valence-corrected chi connectivity index (χ3v) is 7.48. The molecule has 0 bridgehead atoms. The van der Waals surface area contributed by atoms with Gasteiger partial charge in [0.2, 0.25) is 0 Å². The second kappa shape index (κ2) is 8.59. The van der Waals surface area contributed by atoms with Crippen molar-refractivity contribution in [2.24, 2.45) is 0 Å². The lowest BCUT2D eigenvalue weighted by molar-refractivity contribution is -0.161. The van der Waals surface area contributed by atoms with E-state index in [1.807, 2.05) is 24.3 Å². The van der Waals surface area contributed by atoms with E-state index in [1.54, 1.807) is 17.9 Å². The number of likely N-dealkylation sites (tertiary alicyclic amines) is 1. The van der Waals surface area contributed by atoms with Crippen molar-refractivity contribution >= 4 is 23.3 Å². The molecule has 5 rings (SSSR count). The van der Waals surface area contributed by atoms with E-state index in [9.17, 15) is 18.0 Å². The number of nitrogens with zero attached hydrogens (tertiary/aromatic N) is 2. The number of piperidine rings is 1. The van der Waals surface area contributed by atoms with Crippen LogP contribution in [-0.4, -0.2) is 41.8 Å². The molecule has 3 aliphatic rings. The van der Waals surface area contributed by atoms with Gasteiger partial charge in [-0.05, 0) is 80.3 Å². The minimum absolute atomic E-state index is 0.0783. The van der Waals surface area contributed by atoms with Gasteiger partial charge in [-0.3, -0.25) is 4.98 Å². The Morgan fingerprint density at radius 2 is 1.79 bits per heavy atom. The molecular formula is C26H26ClF3N2O2. The summed E-state index contributed by atoms with van der Waals surface area (Å²) in [7, 11) is 0. The number of hydrogen-bond donors (Lipinski definition) is 0. The van der Waals surface area contributed by atoms with Gasteiger partial charge < -0.3 is 9.64 Å². The summed E-state index contributed by atoms with van der Waals surface area (Å²) in [6.45, 7) is 3.10. The first-order valence-corrected chi connectivity index (χ1v) is 12.1. The molecule has 1 aromatic heterocycles. The summed E-state index contributed by atoms with van der Waals surface area (Å²) in [5.74, 6) is 0. The summed E-state index contributed by atoms with van der Waals surface area (Å²) in [5, 5.41) is 0.633. The number of hydrogen-bond acceptors (Lipinski definition) is 3. The number of amides is 1. The fourth-order valence-electron chi connectivity index (χ4n) is 5.17. The van der Waals surface area contributed by atoms with Crippen LogP contribution in [0.3, 0.4) is 0 Å². The van der Waals surface area contributed by atoms with Crippen molar-refractivity contribution < 1.29 is 22.7 Å². The number of pyridine rings is 1. The molecule has 1 saturated carbocycles. The van der Waals surface area contributed by atoms with Crippen LogP contribution in [-0.2, 0) is 23.0 Å². The van der Waals surface area contributed by atoms with Crippen LogP contribution in [0.4, 0.5) is 18.0 Å². The van der Waals surface area contributed by atoms with Crippen molar-refractivity contribution in [3.8, 4) is 0 Å². The number of aromatic nitrogens is 1. The van der Waals surface area contributed by atoms with Crippen molar-refractivity contribution in [2.45, 2.75) is 57.0 Å². The standard InChI is InChI=1S/C26H26ClF3N2O2/c1-2-34-24(33)32-13-9-16(10-14-32)22-20-7-6-19(27)15-18(20)4-3-17-5-8-21(31-23(17)22)25(11-12-25)26(28,29)30/h5-8,15H,2-4,9-14H2,1H3. The number of carbonyl (C=O) groups is 1. The fraction of sp³-hybridized carbons (Fsp3) is 0.462. The zero-order valence-corrected chi connectivity index (χ0v) is 19.7. The third-order valence-electron chi connectivity index (χ3n) is 7.25. The molecule has 0 N–H and O–H groups in total. The number of rotatable bonds is 2. The predicted molar refractivity (Wildman–Crippen MR) is 124 cm³/mol. The summed E-state index contributed by atoms with van der Waals surface area (Å²) < 4.78 is 46.8. The topological polar surface area (TPSA) is 42.4 Å². The zero-order chi connectivity index (χ0) is 24.1. The first-order chi connectivity index (χ1) is 16.2. The van der Waals surface area contributed by atoms with E-state index in [0.29, 0.717) is 49.7 Å². The van der Waals surface area contributed by atoms with Crippen LogP contribution in [0.1, 0.15) is 60.7 Å². The lowest BCUT2D eigenvalue weighted by Crippen LogP contribution is -2.37. The van der Waals surface area contributed by atoms with Gasteiger partial charge in [-0.2, -0.15) is 13.2 Å². The molecule has 2 aliphatic carbocycles. The van der Waals surface area contributed by atoms with E-state index in [2.05, 4.69) is 0 Å². The Balaban J connectivity index is 1.62. The number of carbonyl (C=O) groups excluding carboxylic acids is 1. The maximum absolute atomic E-state index is 13.9. The molecule has 0 spiro atoms. The van der Waals surface area contributed by atoms with Crippen LogP contribution in [0.5, 0.6) is 0 Å². The molecule has 1 aromatic carbocycles. The number of benzene rings is 1. The molecule has 2 aromatic rings. The van der Waals surface area contributed by atoms with Crippen LogP contribution in [0, 0.1) is 0 Å². The Kier molecular flexibility index (Phi) is 5.87. The highest BCUT2D eigenvalue weighted by molar-refractivity contribution is 6.30. The SMILES string of the molecule is CCOC(=O)N1CCC(=C2c3ccc(Cl)cc3CCc3ccc(C4(C(F)(F)F)CC4)nc32)CC1. The van der Waals surface area contributed by atoms with E-state index in [0.717, 1.165) is 34.3 Å². The smallest absolute Gasteiger partial charge is 0.409 e. The van der Waals surface area contributed by atoms with Crippen molar-refractivity contribution in [1.82, 2.24) is 9.88 Å². The Labute approximate surface area is 201 Å². The van der Waals surface area contributed by atoms with Crippen molar-refractivity contribution in [3.63, 3.8) is 0 Å². The third kappa shape index (κ3) is 3.98. The fourth-order valence-corrected chi connectivity index (χ4v) is 5.37. The summed E-state index contributed by atoms with van der Waals surface area (Å²) in [6.07, 6.45) is -1.84. The molecule has 1 saturated heterocycles. The molecule has 2 fully saturated rings. The number of halogens is 4. The predicted octanol–water partition coefficient (Wildman–Crippen LogP) is 6.48. The Hall–Kier alpha value is -2.54. The van der Waals surface area contributed by atoms with Crippen LogP contribution >= 0.6 is 11.6 Å². The highest BCUT2D eigenvalue weighted by Gasteiger charge is 2.65. The summed E-state index contributed by atoms with van der Waals surface area (Å²) >= 11 is 6.29. The first-order valence-electron chi connectivity index (χ1n) is 11.7. The van der Waals surface area contributed by atoms with Crippen molar-refractivity contribution in [1.29, 1.82) is 0 Å². The van der Waals surface area contributed by atoms with Gasteiger partial charge >= 0.3 is 12.3 Å². The highest BCUT2D eigenvalue weighted by Crippen LogP contribution is 2.58. The van der Waals surface area contributed by atoms with E-state index < -0.39 is 11.6 Å². The maximum atomic E-state index is 13.9. The number of aryl methyl sites for hydroxylation is 2. The molecular weight excluding hydrogens is 465 g/mol. The monoisotopic (exact) mass is 490 g/mol. The number of ether oxygens (including phenoxy) is 1. The quantitative estimate of drug-likeness (QED) is 0.483. The molecule has 0 radical (unpaired) electrons. The highest BCUT2D eigenvalue weighted by atomic mass is 35.5. The second-order valence-electron chi connectivity index (χ2n) is 9.25. The normalized spacial score (nSPS) is 19.3. The van der Waals surface area contributed by atoms with Crippen molar-refractivity contribution in [3.05, 3.63) is 69.0 Å². The average Bonchev–Trinajstić information content (AvgIpc) is 3.63. The van der Waals surface area contributed by atoms with Crippen LogP contribution in [0.25, 0.3) is 5.57 Å². The van der Waals surface area contributed by atoms with Gasteiger partial charge in [0.25, 0.3) is 0 Å². The molecule has 4 nitrogen and oxygen atoms in total. The number of fused-ring (bicyclic) bond motifs is 2. The van der Waals surface area contributed by atoms with E-state index in [-0.39, 0.29) is 24.6 Å². The first kappa shape index (κ1) is 23.2. The van der Waals surface area contributed by atoms with Gasteiger partial charge in [0, 0.05) is 23.7 Å². The molecule has 1 amide bonds. The molecule has 2 heterocycles. The van der Waals surface area contributed by atoms with Gasteiger partial charge in [0.15, 0.2) is 0 Å². The largest absolute Gasteiger partial charge is 0.450 e. The van der Waals surface area contributed by atoms with Gasteiger partial charge in [0.05, 0.1) is 18.0 Å². The second-order valence-corrected chi connectivity index (χ2v) is 9.69. The molecule has 1 aliphatic heterocycles. The lowest BCUT2D eigenvalue weighted by atomic mass is 9.88. The Morgan fingerprint density at radius 3 is 2.44 bits per heavy atom. The molecule has 180 valence electrons. The van der Waals surface area contributed by atoms with Gasteiger partial charge in [0.1, 0.15) is 5.41 Å². The number of alkyl halides is 3. The van der Waals surface area contributed by atoms with E-state index in [4.69, 9.17) is 21.3 Å². The minimum atomic E-state index is -4.32. The molecule has 34 heavy (non-hydrogen) atoms. The average molecular weight is 491 g/mol. The Bertz CT molecular complexity index is 1160. The minimum Gasteiger partial charge on any atom is -0.450 e. The van der Waals surface area contributed by atoms with Gasteiger partial charge in [-0.15, -0.1) is 0 Å². The Morgan fingerprint density at radius 1 is 1.09 bits per heavy atom. The van der Waals surface area contributed by atoms with Crippen LogP contribution < -0.4 is 0 Å². The van der Waals surface area contributed by atoms with E-state index >= 15 is 0 Å². The summed E-state index contributed by atoms with van der Waals surface area (Å²) in [4.78, 5) is 18.6. The van der Waals surface area contributed by atoms with Gasteiger partial charge in [-0.25, -0.2) is 4.79 Å².